The normalized spacial score (nSPS) is 15.1. The fraction of sp³-hybridized carbons (Fsp3) is 0.296. The Morgan fingerprint density at radius 3 is 2.50 bits per heavy atom. The molecule has 36 heavy (non-hydrogen) atoms. The zero-order chi connectivity index (χ0) is 25.5. The average Bonchev–Trinajstić information content (AvgIpc) is 3.26. The monoisotopic (exact) mass is 546 g/mol. The summed E-state index contributed by atoms with van der Waals surface area (Å²) in [5.74, 6) is 0.0231. The number of aromatic nitrogens is 1. The maximum atomic E-state index is 12.5. The fourth-order valence-corrected chi connectivity index (χ4v) is 4.65. The second kappa shape index (κ2) is 12.5. The number of methoxy groups -OCH3 is 1. The molecule has 0 saturated carbocycles. The highest BCUT2D eigenvalue weighted by Gasteiger charge is 2.17. The lowest BCUT2D eigenvalue weighted by Crippen LogP contribution is -2.47. The number of carbonyl (C=O) groups is 1. The summed E-state index contributed by atoms with van der Waals surface area (Å²) in [4.78, 5) is 20.6. The summed E-state index contributed by atoms with van der Waals surface area (Å²) in [6, 6.07) is 13.6. The van der Waals surface area contributed by atoms with Crippen LogP contribution in [0.15, 0.2) is 60.4 Å². The van der Waals surface area contributed by atoms with Crippen LogP contribution in [-0.2, 0) is 9.53 Å². The first-order valence-electron chi connectivity index (χ1n) is 11.8. The van der Waals surface area contributed by atoms with Gasteiger partial charge in [0.25, 0.3) is 5.91 Å². The number of anilines is 1. The summed E-state index contributed by atoms with van der Waals surface area (Å²) in [5.41, 5.74) is 2.97. The van der Waals surface area contributed by atoms with Crippen LogP contribution in [0.4, 0.5) is 5.69 Å². The zero-order valence-electron chi connectivity index (χ0n) is 20.1. The molecule has 1 fully saturated rings. The molecule has 1 aromatic heterocycles. The van der Waals surface area contributed by atoms with E-state index in [1.807, 2.05) is 30.3 Å². The molecule has 1 amide bonds. The van der Waals surface area contributed by atoms with Crippen LogP contribution in [0.1, 0.15) is 12.1 Å². The number of amides is 1. The first-order valence-corrected chi connectivity index (χ1v) is 13.0. The van der Waals surface area contributed by atoms with E-state index in [0.29, 0.717) is 16.6 Å². The maximum Gasteiger partial charge on any atom is 0.286 e. The van der Waals surface area contributed by atoms with Crippen LogP contribution in [0.5, 0.6) is 0 Å². The van der Waals surface area contributed by atoms with Gasteiger partial charge in [0.1, 0.15) is 0 Å². The van der Waals surface area contributed by atoms with Gasteiger partial charge in [-0.25, -0.2) is 0 Å². The van der Waals surface area contributed by atoms with Gasteiger partial charge >= 0.3 is 0 Å². The molecule has 190 valence electrons. The van der Waals surface area contributed by atoms with Gasteiger partial charge in [-0.05, 0) is 67.6 Å². The van der Waals surface area contributed by atoms with E-state index in [-0.39, 0.29) is 11.7 Å². The van der Waals surface area contributed by atoms with Crippen molar-refractivity contribution in [3.8, 4) is 0 Å². The van der Waals surface area contributed by atoms with Crippen molar-refractivity contribution in [2.75, 3.05) is 51.3 Å². The Labute approximate surface area is 226 Å². The lowest BCUT2D eigenvalue weighted by atomic mass is 10.2. The molecule has 3 aromatic rings. The first kappa shape index (κ1) is 26.4. The third-order valence-electron chi connectivity index (χ3n) is 6.15. The molecule has 6 nitrogen and oxygen atoms in total. The van der Waals surface area contributed by atoms with Crippen LogP contribution < -0.4 is 10.2 Å². The quantitative estimate of drug-likeness (QED) is 0.149. The molecule has 0 unspecified atom stereocenters. The van der Waals surface area contributed by atoms with Gasteiger partial charge in [0.15, 0.2) is 5.76 Å². The molecular weight excluding hydrogens is 519 g/mol. The minimum Gasteiger partial charge on any atom is -0.491 e. The molecule has 2 N–H and O–H groups in total. The van der Waals surface area contributed by atoms with E-state index >= 15 is 0 Å². The third kappa shape index (κ3) is 6.98. The van der Waals surface area contributed by atoms with Crippen LogP contribution >= 0.6 is 34.8 Å². The summed E-state index contributed by atoms with van der Waals surface area (Å²) >= 11 is 18.1. The molecule has 0 aliphatic carbocycles. The molecule has 1 saturated heterocycles. The standard InChI is InChI=1S/C27H29Cl3N4O2/c1-36-26(5-2-4-21-16-19-17-23(29)24(30)18-25(19)32-21)27(35)31-10-3-11-33-12-14-34(15-13-33)22-8-6-20(28)7-9-22/h2,4-9,16-18,32H,3,10-15H2,1H3,(H,31,35). The van der Waals surface area contributed by atoms with Crippen LogP contribution in [0.25, 0.3) is 17.0 Å². The highest BCUT2D eigenvalue weighted by Crippen LogP contribution is 2.28. The Balaban J connectivity index is 1.19. The number of nitrogens with zero attached hydrogens (tertiary/aromatic N) is 2. The molecule has 0 bridgehead atoms. The van der Waals surface area contributed by atoms with Gasteiger partial charge in [-0.1, -0.05) is 40.9 Å². The van der Waals surface area contributed by atoms with E-state index in [4.69, 9.17) is 39.5 Å². The van der Waals surface area contributed by atoms with Crippen LogP contribution in [0.3, 0.4) is 0 Å². The minimum atomic E-state index is -0.232. The Bertz CT molecular complexity index is 1210. The number of H-pyrrole nitrogens is 1. The van der Waals surface area contributed by atoms with Crippen molar-refractivity contribution >= 4 is 63.4 Å². The van der Waals surface area contributed by atoms with E-state index in [2.05, 4.69) is 32.2 Å². The van der Waals surface area contributed by atoms with E-state index in [9.17, 15) is 4.79 Å². The molecule has 9 heteroatoms. The molecule has 4 rings (SSSR count). The van der Waals surface area contributed by atoms with Gasteiger partial charge in [-0.15, -0.1) is 0 Å². The molecule has 0 spiro atoms. The number of fused-ring (bicyclic) bond motifs is 1. The van der Waals surface area contributed by atoms with Crippen LogP contribution in [-0.4, -0.2) is 62.2 Å². The Hall–Kier alpha value is -2.64. The molecule has 1 aliphatic rings. The number of ether oxygens (including phenoxy) is 1. The first-order chi connectivity index (χ1) is 17.4. The van der Waals surface area contributed by atoms with E-state index < -0.39 is 0 Å². The number of allylic oxidation sites excluding steroid dienone is 2. The topological polar surface area (TPSA) is 60.6 Å². The predicted molar refractivity (Wildman–Crippen MR) is 150 cm³/mol. The van der Waals surface area contributed by atoms with Crippen LogP contribution in [0.2, 0.25) is 15.1 Å². The summed E-state index contributed by atoms with van der Waals surface area (Å²) in [6.45, 7) is 5.48. The molecule has 1 aliphatic heterocycles. The number of nitrogens with one attached hydrogen (secondary N) is 2. The molecule has 2 heterocycles. The summed E-state index contributed by atoms with van der Waals surface area (Å²) in [6.07, 6.45) is 6.15. The zero-order valence-corrected chi connectivity index (χ0v) is 22.3. The van der Waals surface area contributed by atoms with Gasteiger partial charge in [0.05, 0.1) is 17.2 Å². The van der Waals surface area contributed by atoms with Gasteiger partial charge in [-0.3, -0.25) is 9.69 Å². The van der Waals surface area contributed by atoms with E-state index in [0.717, 1.165) is 60.8 Å². The van der Waals surface area contributed by atoms with Crippen molar-refractivity contribution in [1.29, 1.82) is 0 Å². The molecule has 0 atom stereocenters. The second-order valence-electron chi connectivity index (χ2n) is 8.59. The smallest absolute Gasteiger partial charge is 0.286 e. The van der Waals surface area contributed by atoms with Crippen molar-refractivity contribution < 1.29 is 9.53 Å². The maximum absolute atomic E-state index is 12.5. The number of rotatable bonds is 9. The second-order valence-corrected chi connectivity index (χ2v) is 9.84. The minimum absolute atomic E-state index is 0.232. The van der Waals surface area contributed by atoms with Crippen molar-refractivity contribution in [2.24, 2.45) is 0 Å². The number of halogens is 3. The van der Waals surface area contributed by atoms with E-state index in [1.165, 1.54) is 12.8 Å². The third-order valence-corrected chi connectivity index (χ3v) is 7.12. The highest BCUT2D eigenvalue weighted by molar-refractivity contribution is 6.42. The molecule has 2 aromatic carbocycles. The van der Waals surface area contributed by atoms with Crippen molar-refractivity contribution in [1.82, 2.24) is 15.2 Å². The number of benzene rings is 2. The SMILES string of the molecule is COC(=CC=Cc1cc2cc(Cl)c(Cl)cc2[nH]1)C(=O)NCCCN1CCN(c2ccc(Cl)cc2)CC1. The Morgan fingerprint density at radius 2 is 1.78 bits per heavy atom. The summed E-state index contributed by atoms with van der Waals surface area (Å²) in [5, 5.41) is 5.67. The van der Waals surface area contributed by atoms with Gasteiger partial charge in [0.2, 0.25) is 0 Å². The molecule has 0 radical (unpaired) electrons. The van der Waals surface area contributed by atoms with Crippen molar-refractivity contribution in [3.05, 3.63) is 81.1 Å². The predicted octanol–water partition coefficient (Wildman–Crippen LogP) is 6.00. The number of piperazine rings is 1. The number of aromatic amines is 1. The summed E-state index contributed by atoms with van der Waals surface area (Å²) < 4.78 is 5.28. The number of carbonyl (C=O) groups excluding carboxylic acids is 1. The van der Waals surface area contributed by atoms with Crippen LogP contribution in [0, 0.1) is 0 Å². The summed E-state index contributed by atoms with van der Waals surface area (Å²) in [7, 11) is 1.49. The Kier molecular flexibility index (Phi) is 9.21. The molecular formula is C27H29Cl3N4O2. The van der Waals surface area contributed by atoms with Crippen molar-refractivity contribution in [3.63, 3.8) is 0 Å². The average molecular weight is 548 g/mol. The lowest BCUT2D eigenvalue weighted by Gasteiger charge is -2.36. The van der Waals surface area contributed by atoms with Crippen molar-refractivity contribution in [2.45, 2.75) is 6.42 Å². The lowest BCUT2D eigenvalue weighted by molar-refractivity contribution is -0.120. The van der Waals surface area contributed by atoms with Gasteiger partial charge < -0.3 is 19.9 Å². The number of hydrogen-bond donors (Lipinski definition) is 2. The fourth-order valence-electron chi connectivity index (χ4n) is 4.19. The van der Waals surface area contributed by atoms with E-state index in [1.54, 1.807) is 18.2 Å². The Morgan fingerprint density at radius 1 is 1.06 bits per heavy atom. The largest absolute Gasteiger partial charge is 0.491 e. The number of hydrogen-bond acceptors (Lipinski definition) is 4. The van der Waals surface area contributed by atoms with Gasteiger partial charge in [0, 0.05) is 60.0 Å². The van der Waals surface area contributed by atoms with Gasteiger partial charge in [-0.2, -0.15) is 0 Å². The highest BCUT2D eigenvalue weighted by atomic mass is 35.5.